The molecule has 168 valence electrons. The predicted octanol–water partition coefficient (Wildman–Crippen LogP) is 3.74. The molecule has 1 aliphatic rings. The molecule has 9 heteroatoms. The molecule has 32 heavy (non-hydrogen) atoms. The summed E-state index contributed by atoms with van der Waals surface area (Å²) in [6.45, 7) is 3.16. The normalized spacial score (nSPS) is 15.8. The van der Waals surface area contributed by atoms with Crippen molar-refractivity contribution in [2.45, 2.75) is 31.0 Å². The SMILES string of the molecule is COc1ccc(C)cc1-n1c(SCC(=O)NCC2CCCO2)nc2cc(Cl)ccc2c1=O. The van der Waals surface area contributed by atoms with Crippen LogP contribution in [0.3, 0.4) is 0 Å². The van der Waals surface area contributed by atoms with Crippen molar-refractivity contribution in [2.24, 2.45) is 0 Å². The average Bonchev–Trinajstić information content (AvgIpc) is 3.30. The minimum atomic E-state index is -0.252. The van der Waals surface area contributed by atoms with Gasteiger partial charge in [-0.3, -0.25) is 14.2 Å². The number of halogens is 1. The maximum atomic E-state index is 13.5. The lowest BCUT2D eigenvalue weighted by Crippen LogP contribution is -2.33. The standard InChI is InChI=1S/C23H24ClN3O4S/c1-14-5-8-20(30-2)19(10-14)27-22(29)17-7-6-15(24)11-18(17)26-23(27)32-13-21(28)25-12-16-4-3-9-31-16/h5-8,10-11,16H,3-4,9,12-13H2,1-2H3,(H,25,28). The highest BCUT2D eigenvalue weighted by atomic mass is 35.5. The van der Waals surface area contributed by atoms with Gasteiger partial charge in [0, 0.05) is 18.2 Å². The van der Waals surface area contributed by atoms with Crippen molar-refractivity contribution in [1.82, 2.24) is 14.9 Å². The number of hydrogen-bond donors (Lipinski definition) is 1. The van der Waals surface area contributed by atoms with Gasteiger partial charge in [0.15, 0.2) is 5.16 Å². The van der Waals surface area contributed by atoms with E-state index in [2.05, 4.69) is 10.3 Å². The Bertz CT molecular complexity index is 1210. The number of benzene rings is 2. The number of methoxy groups -OCH3 is 1. The van der Waals surface area contributed by atoms with Crippen LogP contribution in [0.1, 0.15) is 18.4 Å². The molecule has 1 atom stereocenters. The van der Waals surface area contributed by atoms with Crippen LogP contribution in [0.4, 0.5) is 0 Å². The summed E-state index contributed by atoms with van der Waals surface area (Å²) in [7, 11) is 1.55. The number of nitrogens with zero attached hydrogens (tertiary/aromatic N) is 2. The quantitative estimate of drug-likeness (QED) is 0.416. The van der Waals surface area contributed by atoms with Crippen LogP contribution in [0.25, 0.3) is 16.6 Å². The Balaban J connectivity index is 1.70. The van der Waals surface area contributed by atoms with Crippen LogP contribution in [-0.4, -0.2) is 47.6 Å². The van der Waals surface area contributed by atoms with Crippen molar-refractivity contribution in [1.29, 1.82) is 0 Å². The van der Waals surface area contributed by atoms with Gasteiger partial charge in [0.1, 0.15) is 5.75 Å². The van der Waals surface area contributed by atoms with Crippen LogP contribution < -0.4 is 15.6 Å². The van der Waals surface area contributed by atoms with Gasteiger partial charge in [0.25, 0.3) is 5.56 Å². The van der Waals surface area contributed by atoms with Crippen molar-refractivity contribution in [2.75, 3.05) is 26.0 Å². The Hall–Kier alpha value is -2.55. The molecule has 1 unspecified atom stereocenters. The van der Waals surface area contributed by atoms with Crippen LogP contribution >= 0.6 is 23.4 Å². The maximum absolute atomic E-state index is 13.5. The van der Waals surface area contributed by atoms with Gasteiger partial charge < -0.3 is 14.8 Å². The molecule has 1 aliphatic heterocycles. The molecule has 4 rings (SSSR count). The van der Waals surface area contributed by atoms with Gasteiger partial charge in [-0.25, -0.2) is 4.98 Å². The number of aryl methyl sites for hydroxylation is 1. The van der Waals surface area contributed by atoms with Crippen molar-refractivity contribution in [3.05, 3.63) is 57.3 Å². The first-order chi connectivity index (χ1) is 15.5. The summed E-state index contributed by atoms with van der Waals surface area (Å²) in [5.41, 5.74) is 1.77. The molecule has 0 radical (unpaired) electrons. The zero-order chi connectivity index (χ0) is 22.7. The van der Waals surface area contributed by atoms with E-state index in [1.165, 1.54) is 16.3 Å². The topological polar surface area (TPSA) is 82.4 Å². The van der Waals surface area contributed by atoms with Crippen molar-refractivity contribution in [3.63, 3.8) is 0 Å². The Morgan fingerprint density at radius 2 is 2.19 bits per heavy atom. The Labute approximate surface area is 195 Å². The number of fused-ring (bicyclic) bond motifs is 1. The van der Waals surface area contributed by atoms with Gasteiger partial charge in [-0.05, 0) is 55.7 Å². The van der Waals surface area contributed by atoms with E-state index in [1.807, 2.05) is 25.1 Å². The molecule has 0 aliphatic carbocycles. The van der Waals surface area contributed by atoms with E-state index >= 15 is 0 Å². The summed E-state index contributed by atoms with van der Waals surface area (Å²) >= 11 is 7.32. The minimum absolute atomic E-state index is 0.0691. The number of carbonyl (C=O) groups excluding carboxylic acids is 1. The second-order valence-electron chi connectivity index (χ2n) is 7.60. The molecule has 1 amide bonds. The van der Waals surface area contributed by atoms with Gasteiger partial charge in [-0.2, -0.15) is 0 Å². The first-order valence-corrected chi connectivity index (χ1v) is 11.7. The lowest BCUT2D eigenvalue weighted by molar-refractivity contribution is -0.119. The van der Waals surface area contributed by atoms with Crippen LogP contribution in [0.5, 0.6) is 5.75 Å². The highest BCUT2D eigenvalue weighted by molar-refractivity contribution is 7.99. The third-order valence-electron chi connectivity index (χ3n) is 5.26. The molecule has 1 saturated heterocycles. The third-order valence-corrected chi connectivity index (χ3v) is 6.43. The van der Waals surface area contributed by atoms with Crippen LogP contribution in [-0.2, 0) is 9.53 Å². The smallest absolute Gasteiger partial charge is 0.266 e. The number of aromatic nitrogens is 2. The molecule has 0 saturated carbocycles. The minimum Gasteiger partial charge on any atom is -0.495 e. The first kappa shape index (κ1) is 22.6. The number of carbonyl (C=O) groups is 1. The van der Waals surface area contributed by atoms with Crippen molar-refractivity contribution >= 4 is 40.2 Å². The highest BCUT2D eigenvalue weighted by Crippen LogP contribution is 2.28. The molecule has 1 fully saturated rings. The van der Waals surface area contributed by atoms with E-state index in [1.54, 1.807) is 25.3 Å². The van der Waals surface area contributed by atoms with E-state index in [4.69, 9.17) is 21.1 Å². The summed E-state index contributed by atoms with van der Waals surface area (Å²) in [4.78, 5) is 30.6. The summed E-state index contributed by atoms with van der Waals surface area (Å²) in [6.07, 6.45) is 2.04. The number of ether oxygens (including phenoxy) is 2. The van der Waals surface area contributed by atoms with E-state index in [0.717, 1.165) is 25.0 Å². The first-order valence-electron chi connectivity index (χ1n) is 10.3. The van der Waals surface area contributed by atoms with Gasteiger partial charge in [-0.1, -0.05) is 29.4 Å². The molecule has 3 aromatic rings. The largest absolute Gasteiger partial charge is 0.495 e. The number of thioether (sulfide) groups is 1. The Kier molecular flexibility index (Phi) is 7.03. The van der Waals surface area contributed by atoms with E-state index in [-0.39, 0.29) is 23.3 Å². The molecule has 1 N–H and O–H groups in total. The van der Waals surface area contributed by atoms with Crippen LogP contribution in [0.2, 0.25) is 5.02 Å². The molecule has 1 aromatic heterocycles. The van der Waals surface area contributed by atoms with Gasteiger partial charge >= 0.3 is 0 Å². The average molecular weight is 474 g/mol. The highest BCUT2D eigenvalue weighted by Gasteiger charge is 2.19. The Morgan fingerprint density at radius 1 is 1.34 bits per heavy atom. The molecular weight excluding hydrogens is 450 g/mol. The molecule has 0 spiro atoms. The van der Waals surface area contributed by atoms with E-state index in [0.29, 0.717) is 39.1 Å². The van der Waals surface area contributed by atoms with Gasteiger partial charge in [0.2, 0.25) is 5.91 Å². The predicted molar refractivity (Wildman–Crippen MR) is 126 cm³/mol. The molecule has 7 nitrogen and oxygen atoms in total. The van der Waals surface area contributed by atoms with Crippen LogP contribution in [0, 0.1) is 6.92 Å². The number of rotatable bonds is 7. The second-order valence-corrected chi connectivity index (χ2v) is 8.98. The van der Waals surface area contributed by atoms with Gasteiger partial charge in [0.05, 0.1) is 35.6 Å². The fourth-order valence-electron chi connectivity index (χ4n) is 3.64. The molecule has 2 heterocycles. The second kappa shape index (κ2) is 9.94. The van der Waals surface area contributed by atoms with Crippen molar-refractivity contribution < 1.29 is 14.3 Å². The lowest BCUT2D eigenvalue weighted by Gasteiger charge is -2.16. The zero-order valence-corrected chi connectivity index (χ0v) is 19.5. The van der Waals surface area contributed by atoms with Gasteiger partial charge in [-0.15, -0.1) is 0 Å². The number of hydrogen-bond acceptors (Lipinski definition) is 6. The van der Waals surface area contributed by atoms with E-state index in [9.17, 15) is 9.59 Å². The molecule has 2 aromatic carbocycles. The molecular formula is C23H24ClN3O4S. The summed E-state index contributed by atoms with van der Waals surface area (Å²) in [5, 5.41) is 4.21. The van der Waals surface area contributed by atoms with Crippen LogP contribution in [0.15, 0.2) is 46.3 Å². The third kappa shape index (κ3) is 4.92. The summed E-state index contributed by atoms with van der Waals surface area (Å²) in [6, 6.07) is 10.6. The molecule has 0 bridgehead atoms. The lowest BCUT2D eigenvalue weighted by atomic mass is 10.2. The fraction of sp³-hybridized carbons (Fsp3) is 0.348. The van der Waals surface area contributed by atoms with Crippen molar-refractivity contribution in [3.8, 4) is 11.4 Å². The summed E-state index contributed by atoms with van der Waals surface area (Å²) in [5.74, 6) is 0.505. The van der Waals surface area contributed by atoms with E-state index < -0.39 is 0 Å². The zero-order valence-electron chi connectivity index (χ0n) is 17.9. The summed E-state index contributed by atoms with van der Waals surface area (Å²) < 4.78 is 12.6. The fourth-order valence-corrected chi connectivity index (χ4v) is 4.64. The number of amides is 1. The Morgan fingerprint density at radius 3 is 2.94 bits per heavy atom. The monoisotopic (exact) mass is 473 g/mol. The maximum Gasteiger partial charge on any atom is 0.266 e. The number of nitrogens with one attached hydrogen (secondary N) is 1.